The predicted octanol–water partition coefficient (Wildman–Crippen LogP) is 5.56. The highest BCUT2D eigenvalue weighted by Gasteiger charge is 2.38. The summed E-state index contributed by atoms with van der Waals surface area (Å²) in [6.45, 7) is 0.767. The van der Waals surface area contributed by atoms with Crippen LogP contribution in [-0.2, 0) is 11.3 Å². The molecule has 2 aromatic carbocycles. The molecule has 6 heteroatoms. The van der Waals surface area contributed by atoms with Crippen molar-refractivity contribution in [3.8, 4) is 0 Å². The van der Waals surface area contributed by atoms with Gasteiger partial charge in [-0.15, -0.1) is 11.3 Å². The largest absolute Gasteiger partial charge is 0.342 e. The molecule has 1 fully saturated rings. The van der Waals surface area contributed by atoms with E-state index in [4.69, 9.17) is 5.41 Å². The molecule has 0 amide bonds. The van der Waals surface area contributed by atoms with Crippen molar-refractivity contribution in [3.63, 3.8) is 0 Å². The Bertz CT molecular complexity index is 1240. The number of aromatic nitrogens is 2. The summed E-state index contributed by atoms with van der Waals surface area (Å²) in [7, 11) is 0. The van der Waals surface area contributed by atoms with E-state index in [0.29, 0.717) is 15.0 Å². The van der Waals surface area contributed by atoms with Gasteiger partial charge in [0.2, 0.25) is 0 Å². The molecule has 0 spiro atoms. The van der Waals surface area contributed by atoms with Gasteiger partial charge >= 0.3 is 0 Å². The maximum absolute atomic E-state index is 13.0. The maximum atomic E-state index is 13.0. The fourth-order valence-electron chi connectivity index (χ4n) is 3.63. The van der Waals surface area contributed by atoms with Crippen molar-refractivity contribution in [2.75, 3.05) is 0 Å². The lowest BCUT2D eigenvalue weighted by molar-refractivity contribution is -0.114. The van der Waals surface area contributed by atoms with Gasteiger partial charge in [-0.05, 0) is 17.7 Å². The number of fused-ring (bicyclic) bond motifs is 1. The van der Waals surface area contributed by atoms with Gasteiger partial charge in [-0.2, -0.15) is 0 Å². The first-order valence-electron chi connectivity index (χ1n) is 9.24. The SMILES string of the molecule is N=C1S/C(=C\c2cn(Cc3ccccc3)c3ccccc23)C(=O)[C@H]1c1nccs1. The number of Topliss-reactive ketones (excluding diaryl/α,β-unsaturated/α-hetero) is 1. The molecule has 29 heavy (non-hydrogen) atoms. The van der Waals surface area contributed by atoms with E-state index >= 15 is 0 Å². The first-order valence-corrected chi connectivity index (χ1v) is 10.9. The molecular weight excluding hydrogens is 398 g/mol. The van der Waals surface area contributed by atoms with Gasteiger partial charge in [0, 0.05) is 40.8 Å². The number of thiazole rings is 1. The molecule has 1 aliphatic heterocycles. The number of rotatable bonds is 4. The quantitative estimate of drug-likeness (QED) is 0.444. The summed E-state index contributed by atoms with van der Waals surface area (Å²) in [4.78, 5) is 17.8. The third-order valence-corrected chi connectivity index (χ3v) is 6.82. The van der Waals surface area contributed by atoms with Crippen molar-refractivity contribution >= 4 is 50.9 Å². The number of hydrogen-bond donors (Lipinski definition) is 1. The van der Waals surface area contributed by atoms with Gasteiger partial charge in [0.1, 0.15) is 10.9 Å². The highest BCUT2D eigenvalue weighted by Crippen LogP contribution is 2.41. The van der Waals surface area contributed by atoms with Crippen LogP contribution in [0.1, 0.15) is 22.1 Å². The van der Waals surface area contributed by atoms with Gasteiger partial charge < -0.3 is 4.57 Å². The van der Waals surface area contributed by atoms with Crippen LogP contribution in [-0.4, -0.2) is 20.4 Å². The van der Waals surface area contributed by atoms with Crippen molar-refractivity contribution in [1.82, 2.24) is 9.55 Å². The molecule has 0 unspecified atom stereocenters. The molecule has 0 aliphatic carbocycles. The van der Waals surface area contributed by atoms with Crippen LogP contribution in [0.25, 0.3) is 17.0 Å². The van der Waals surface area contributed by atoms with E-state index in [0.717, 1.165) is 23.0 Å². The van der Waals surface area contributed by atoms with Crippen LogP contribution in [0.4, 0.5) is 0 Å². The lowest BCUT2D eigenvalue weighted by Crippen LogP contribution is -2.11. The van der Waals surface area contributed by atoms with Crippen molar-refractivity contribution < 1.29 is 4.79 Å². The molecule has 1 saturated heterocycles. The van der Waals surface area contributed by atoms with Gasteiger partial charge in [0.05, 0.1) is 9.95 Å². The monoisotopic (exact) mass is 415 g/mol. The Morgan fingerprint density at radius 3 is 2.69 bits per heavy atom. The van der Waals surface area contributed by atoms with Crippen molar-refractivity contribution in [2.24, 2.45) is 0 Å². The molecule has 1 atom stereocenters. The fraction of sp³-hybridized carbons (Fsp3) is 0.0870. The smallest absolute Gasteiger partial charge is 0.186 e. The number of carbonyl (C=O) groups excluding carboxylic acids is 1. The lowest BCUT2D eigenvalue weighted by Gasteiger charge is -2.05. The zero-order valence-electron chi connectivity index (χ0n) is 15.4. The molecule has 0 radical (unpaired) electrons. The maximum Gasteiger partial charge on any atom is 0.186 e. The van der Waals surface area contributed by atoms with Crippen LogP contribution in [0.15, 0.2) is 77.3 Å². The summed E-state index contributed by atoms with van der Waals surface area (Å²) in [5.41, 5.74) is 3.36. The minimum atomic E-state index is -0.552. The van der Waals surface area contributed by atoms with E-state index < -0.39 is 5.92 Å². The first kappa shape index (κ1) is 18.1. The number of hydrogen-bond acceptors (Lipinski definition) is 5. The molecule has 4 aromatic rings. The minimum absolute atomic E-state index is 0.0326. The molecule has 2 aromatic heterocycles. The van der Waals surface area contributed by atoms with Crippen LogP contribution in [0, 0.1) is 5.41 Å². The second kappa shape index (κ2) is 7.46. The highest BCUT2D eigenvalue weighted by atomic mass is 32.2. The van der Waals surface area contributed by atoms with Crippen LogP contribution in [0.2, 0.25) is 0 Å². The van der Waals surface area contributed by atoms with Gasteiger partial charge in [-0.25, -0.2) is 4.98 Å². The van der Waals surface area contributed by atoms with Crippen LogP contribution < -0.4 is 0 Å². The van der Waals surface area contributed by atoms with Crippen molar-refractivity contribution in [3.05, 3.63) is 93.4 Å². The Labute approximate surface area is 176 Å². The summed E-state index contributed by atoms with van der Waals surface area (Å²) >= 11 is 2.68. The number of ketones is 1. The second-order valence-corrected chi connectivity index (χ2v) is 8.87. The van der Waals surface area contributed by atoms with E-state index in [9.17, 15) is 4.79 Å². The summed E-state index contributed by atoms with van der Waals surface area (Å²) < 4.78 is 2.21. The molecule has 1 N–H and O–H groups in total. The number of para-hydroxylation sites is 1. The van der Waals surface area contributed by atoms with Gasteiger partial charge in [0.15, 0.2) is 5.78 Å². The third-order valence-electron chi connectivity index (χ3n) is 4.99. The van der Waals surface area contributed by atoms with E-state index in [-0.39, 0.29) is 5.78 Å². The Morgan fingerprint density at radius 1 is 1.10 bits per heavy atom. The number of allylic oxidation sites excluding steroid dienone is 1. The fourth-order valence-corrected chi connectivity index (χ4v) is 5.43. The number of thioether (sulfide) groups is 1. The van der Waals surface area contributed by atoms with Crippen LogP contribution in [0.3, 0.4) is 0 Å². The number of nitrogens with zero attached hydrogens (tertiary/aromatic N) is 2. The van der Waals surface area contributed by atoms with E-state index in [1.807, 2.05) is 41.8 Å². The molecule has 3 heterocycles. The lowest BCUT2D eigenvalue weighted by atomic mass is 10.0. The average molecular weight is 416 g/mol. The van der Waals surface area contributed by atoms with Gasteiger partial charge in [0.25, 0.3) is 0 Å². The molecule has 5 rings (SSSR count). The molecule has 0 saturated carbocycles. The summed E-state index contributed by atoms with van der Waals surface area (Å²) in [5.74, 6) is -0.584. The summed E-state index contributed by atoms with van der Waals surface area (Å²) in [5, 5.41) is 12.3. The Balaban J connectivity index is 1.54. The van der Waals surface area contributed by atoms with E-state index in [1.165, 1.54) is 28.7 Å². The van der Waals surface area contributed by atoms with Gasteiger partial charge in [-0.1, -0.05) is 60.3 Å². The highest BCUT2D eigenvalue weighted by molar-refractivity contribution is 8.19. The topological polar surface area (TPSA) is 58.7 Å². The van der Waals surface area contributed by atoms with Crippen LogP contribution in [0.5, 0.6) is 0 Å². The number of benzene rings is 2. The number of nitrogens with one attached hydrogen (secondary N) is 1. The summed E-state index contributed by atoms with van der Waals surface area (Å²) in [6, 6.07) is 18.6. The zero-order valence-corrected chi connectivity index (χ0v) is 17.0. The first-order chi connectivity index (χ1) is 14.2. The van der Waals surface area contributed by atoms with Gasteiger partial charge in [-0.3, -0.25) is 10.2 Å². The Morgan fingerprint density at radius 2 is 1.90 bits per heavy atom. The Kier molecular flexibility index (Phi) is 4.66. The summed E-state index contributed by atoms with van der Waals surface area (Å²) in [6.07, 6.45) is 5.71. The minimum Gasteiger partial charge on any atom is -0.342 e. The third kappa shape index (κ3) is 3.34. The number of carbonyl (C=O) groups is 1. The molecule has 142 valence electrons. The van der Waals surface area contributed by atoms with Crippen LogP contribution >= 0.6 is 23.1 Å². The standard InChI is InChI=1S/C23H17N3OS2/c24-22-20(23-25-10-11-28-23)21(27)19(29-22)12-16-14-26(13-15-6-2-1-3-7-15)18-9-5-4-8-17(16)18/h1-12,14,20,24H,13H2/b19-12-,24-22?/t20-/m1/s1. The molecule has 0 bridgehead atoms. The van der Waals surface area contributed by atoms with Crippen molar-refractivity contribution in [1.29, 1.82) is 5.41 Å². The normalized spacial score (nSPS) is 18.2. The molecular formula is C23H17N3OS2. The van der Waals surface area contributed by atoms with E-state index in [1.54, 1.807) is 6.20 Å². The molecule has 1 aliphatic rings. The van der Waals surface area contributed by atoms with Crippen molar-refractivity contribution in [2.45, 2.75) is 12.5 Å². The van der Waals surface area contributed by atoms with E-state index in [2.05, 4.69) is 40.0 Å². The molecule has 4 nitrogen and oxygen atoms in total. The average Bonchev–Trinajstić information content (AvgIpc) is 3.43. The Hall–Kier alpha value is -2.96. The predicted molar refractivity (Wildman–Crippen MR) is 121 cm³/mol. The second-order valence-electron chi connectivity index (χ2n) is 6.86. The zero-order chi connectivity index (χ0) is 19.8.